The molecule has 2 aromatic carbocycles. The molecule has 0 fully saturated rings. The molecule has 0 spiro atoms. The quantitative estimate of drug-likeness (QED) is 0.831. The first-order valence-corrected chi connectivity index (χ1v) is 7.50. The fraction of sp³-hybridized carbons (Fsp3) is 0.222. The number of hydrogen-bond donors (Lipinski definition) is 1. The van der Waals surface area contributed by atoms with Gasteiger partial charge in [-0.2, -0.15) is 0 Å². The van der Waals surface area contributed by atoms with Gasteiger partial charge in [0, 0.05) is 12.2 Å². The molecule has 3 rings (SSSR count). The van der Waals surface area contributed by atoms with Gasteiger partial charge in [0.2, 0.25) is 6.79 Å². The predicted octanol–water partition coefficient (Wildman–Crippen LogP) is 2.35. The summed E-state index contributed by atoms with van der Waals surface area (Å²) in [6.07, 6.45) is 2.72. The second-order valence-electron chi connectivity index (χ2n) is 5.25. The highest BCUT2D eigenvalue weighted by Crippen LogP contribution is 2.32. The van der Waals surface area contributed by atoms with E-state index < -0.39 is 6.67 Å². The first-order chi connectivity index (χ1) is 11.3. The molecule has 2 aromatic rings. The van der Waals surface area contributed by atoms with Gasteiger partial charge < -0.3 is 14.8 Å². The second-order valence-corrected chi connectivity index (χ2v) is 5.25. The Bertz CT molecular complexity index is 718. The molecule has 5 heteroatoms. The smallest absolute Gasteiger partial charge is 0.231 e. The Kier molecular flexibility index (Phi) is 4.86. The molecule has 0 amide bonds. The molecular formula is C18H17BFNO2. The summed E-state index contributed by atoms with van der Waals surface area (Å²) in [5, 5.41) is 3.11. The summed E-state index contributed by atoms with van der Waals surface area (Å²) in [6.45, 7) is 0.104. The maximum Gasteiger partial charge on any atom is 0.231 e. The molecule has 1 aliphatic rings. The summed E-state index contributed by atoms with van der Waals surface area (Å²) < 4.78 is 23.2. The van der Waals surface area contributed by atoms with Crippen LogP contribution in [0.4, 0.5) is 4.39 Å². The molecular weight excluding hydrogens is 292 g/mol. The standard InChI is InChI=1S/C18H17BFNO2/c19-15-3-1-2-14(11-15)16(21-9-8-20)6-4-13-5-7-17-18(10-13)23-12-22-17/h1-3,5-7,10-11,21H,4,8-9,12H2/b16-6-. The van der Waals surface area contributed by atoms with Crippen LogP contribution in [0, 0.1) is 0 Å². The SMILES string of the molecule is [B]c1cccc(/C(=C/Cc2ccc3c(c2)OCO3)NCCF)c1. The monoisotopic (exact) mass is 309 g/mol. The van der Waals surface area contributed by atoms with Crippen molar-refractivity contribution >= 4 is 19.0 Å². The summed E-state index contributed by atoms with van der Waals surface area (Å²) in [4.78, 5) is 0. The van der Waals surface area contributed by atoms with Crippen LogP contribution in [-0.2, 0) is 6.42 Å². The maximum atomic E-state index is 12.5. The third-order valence-electron chi connectivity index (χ3n) is 3.59. The molecule has 23 heavy (non-hydrogen) atoms. The van der Waals surface area contributed by atoms with E-state index in [4.69, 9.17) is 17.3 Å². The molecule has 2 radical (unpaired) electrons. The van der Waals surface area contributed by atoms with Gasteiger partial charge in [0.25, 0.3) is 0 Å². The Morgan fingerprint density at radius 3 is 2.87 bits per heavy atom. The van der Waals surface area contributed by atoms with Crippen LogP contribution in [0.5, 0.6) is 11.5 Å². The molecule has 1 aliphatic heterocycles. The van der Waals surface area contributed by atoms with Crippen molar-refractivity contribution < 1.29 is 13.9 Å². The number of nitrogens with one attached hydrogen (secondary N) is 1. The predicted molar refractivity (Wildman–Crippen MR) is 90.1 cm³/mol. The van der Waals surface area contributed by atoms with E-state index in [1.165, 1.54) is 0 Å². The molecule has 0 bridgehead atoms. The molecule has 0 aliphatic carbocycles. The minimum Gasteiger partial charge on any atom is -0.454 e. The van der Waals surface area contributed by atoms with Gasteiger partial charge in [-0.15, -0.1) is 0 Å². The third-order valence-corrected chi connectivity index (χ3v) is 3.59. The van der Waals surface area contributed by atoms with Gasteiger partial charge in [0.05, 0.1) is 0 Å². The van der Waals surface area contributed by atoms with E-state index in [-0.39, 0.29) is 13.3 Å². The molecule has 3 nitrogen and oxygen atoms in total. The Morgan fingerprint density at radius 1 is 1.17 bits per heavy atom. The van der Waals surface area contributed by atoms with Crippen molar-refractivity contribution in [2.75, 3.05) is 20.0 Å². The van der Waals surface area contributed by atoms with Crippen molar-refractivity contribution in [3.8, 4) is 11.5 Å². The van der Waals surface area contributed by atoms with E-state index in [0.717, 1.165) is 28.3 Å². The van der Waals surface area contributed by atoms with Crippen LogP contribution in [0.15, 0.2) is 48.5 Å². The maximum absolute atomic E-state index is 12.5. The lowest BCUT2D eigenvalue weighted by Gasteiger charge is -2.11. The zero-order valence-electron chi connectivity index (χ0n) is 12.7. The van der Waals surface area contributed by atoms with Gasteiger partial charge in [-0.05, 0) is 29.7 Å². The molecule has 0 saturated carbocycles. The lowest BCUT2D eigenvalue weighted by atomic mass is 9.93. The van der Waals surface area contributed by atoms with Crippen LogP contribution in [0.3, 0.4) is 0 Å². The molecule has 0 atom stereocenters. The average molecular weight is 309 g/mol. The number of hydrogen-bond acceptors (Lipinski definition) is 3. The van der Waals surface area contributed by atoms with E-state index >= 15 is 0 Å². The van der Waals surface area contributed by atoms with Crippen molar-refractivity contribution in [2.24, 2.45) is 0 Å². The highest BCUT2D eigenvalue weighted by Gasteiger charge is 2.12. The van der Waals surface area contributed by atoms with Gasteiger partial charge >= 0.3 is 0 Å². The minimum atomic E-state index is -0.427. The Labute approximate surface area is 136 Å². The summed E-state index contributed by atoms with van der Waals surface area (Å²) in [6, 6.07) is 13.4. The molecule has 1 N–H and O–H groups in total. The number of fused-ring (bicyclic) bond motifs is 1. The zero-order chi connectivity index (χ0) is 16.1. The summed E-state index contributed by atoms with van der Waals surface area (Å²) >= 11 is 0. The van der Waals surface area contributed by atoms with Crippen LogP contribution in [0.25, 0.3) is 5.70 Å². The van der Waals surface area contributed by atoms with E-state index in [0.29, 0.717) is 11.9 Å². The fourth-order valence-electron chi connectivity index (χ4n) is 2.47. The number of allylic oxidation sites excluding steroid dienone is 1. The zero-order valence-corrected chi connectivity index (χ0v) is 12.7. The van der Waals surface area contributed by atoms with Gasteiger partial charge in [0.15, 0.2) is 11.5 Å². The van der Waals surface area contributed by atoms with Crippen molar-refractivity contribution in [1.29, 1.82) is 0 Å². The first kappa shape index (κ1) is 15.5. The Balaban J connectivity index is 1.80. The number of halogens is 1. The van der Waals surface area contributed by atoms with Crippen molar-refractivity contribution in [1.82, 2.24) is 5.32 Å². The van der Waals surface area contributed by atoms with Crippen LogP contribution in [-0.4, -0.2) is 27.9 Å². The topological polar surface area (TPSA) is 30.5 Å². The number of ether oxygens (including phenoxy) is 2. The van der Waals surface area contributed by atoms with Crippen LogP contribution in [0.2, 0.25) is 0 Å². The van der Waals surface area contributed by atoms with E-state index in [2.05, 4.69) is 5.32 Å². The average Bonchev–Trinajstić information content (AvgIpc) is 3.02. The van der Waals surface area contributed by atoms with E-state index in [9.17, 15) is 4.39 Å². The van der Waals surface area contributed by atoms with Gasteiger partial charge in [-0.1, -0.05) is 41.9 Å². The summed E-state index contributed by atoms with van der Waals surface area (Å²) in [7, 11) is 5.83. The molecule has 0 aromatic heterocycles. The van der Waals surface area contributed by atoms with Crippen molar-refractivity contribution in [3.63, 3.8) is 0 Å². The van der Waals surface area contributed by atoms with Gasteiger partial charge in [-0.25, -0.2) is 4.39 Å². The normalized spacial score (nSPS) is 13.2. The largest absolute Gasteiger partial charge is 0.454 e. The lowest BCUT2D eigenvalue weighted by Crippen LogP contribution is -2.16. The fourth-order valence-corrected chi connectivity index (χ4v) is 2.47. The van der Waals surface area contributed by atoms with Crippen LogP contribution >= 0.6 is 0 Å². The van der Waals surface area contributed by atoms with E-state index in [1.807, 2.05) is 48.5 Å². The van der Waals surface area contributed by atoms with Crippen molar-refractivity contribution in [3.05, 3.63) is 59.7 Å². The molecule has 1 heterocycles. The number of benzene rings is 2. The minimum absolute atomic E-state index is 0.265. The van der Waals surface area contributed by atoms with Gasteiger partial charge in [-0.3, -0.25) is 0 Å². The van der Waals surface area contributed by atoms with E-state index in [1.54, 1.807) is 0 Å². The highest BCUT2D eigenvalue weighted by atomic mass is 19.1. The van der Waals surface area contributed by atoms with Crippen LogP contribution in [0.1, 0.15) is 11.1 Å². The highest BCUT2D eigenvalue weighted by molar-refractivity contribution is 6.32. The number of rotatable bonds is 6. The second kappa shape index (κ2) is 7.22. The number of alkyl halides is 1. The molecule has 116 valence electrons. The Morgan fingerprint density at radius 2 is 2.04 bits per heavy atom. The first-order valence-electron chi connectivity index (χ1n) is 7.50. The molecule has 0 saturated heterocycles. The van der Waals surface area contributed by atoms with Crippen molar-refractivity contribution in [2.45, 2.75) is 6.42 Å². The third kappa shape index (κ3) is 3.86. The van der Waals surface area contributed by atoms with Crippen LogP contribution < -0.4 is 20.3 Å². The lowest BCUT2D eigenvalue weighted by molar-refractivity contribution is 0.174. The Hall–Kier alpha value is -2.43. The molecule has 0 unspecified atom stereocenters. The summed E-state index contributed by atoms with van der Waals surface area (Å²) in [5.74, 6) is 1.53. The summed E-state index contributed by atoms with van der Waals surface area (Å²) in [5.41, 5.74) is 3.59. The van der Waals surface area contributed by atoms with Gasteiger partial charge in [0.1, 0.15) is 14.5 Å².